The molecule has 0 fully saturated rings. The van der Waals surface area contributed by atoms with Crippen molar-refractivity contribution in [3.8, 4) is 16.9 Å². The average Bonchev–Trinajstić information content (AvgIpc) is 2.61. The lowest BCUT2D eigenvalue weighted by atomic mass is 9.95. The van der Waals surface area contributed by atoms with Gasteiger partial charge in [0.05, 0.1) is 6.61 Å². The van der Waals surface area contributed by atoms with Crippen LogP contribution in [0.3, 0.4) is 0 Å². The van der Waals surface area contributed by atoms with Crippen molar-refractivity contribution in [1.82, 2.24) is 0 Å². The second kappa shape index (κ2) is 6.18. The monoisotopic (exact) mass is 332 g/mol. The normalized spacial score (nSPS) is 11.1. The highest BCUT2D eigenvalue weighted by Crippen LogP contribution is 2.37. The van der Waals surface area contributed by atoms with Gasteiger partial charge in [-0.2, -0.15) is 0 Å². The molecule has 0 saturated heterocycles. The lowest BCUT2D eigenvalue weighted by Crippen LogP contribution is -1.91. The molecule has 0 bridgehead atoms. The second-order valence-electron chi connectivity index (χ2n) is 5.80. The summed E-state index contributed by atoms with van der Waals surface area (Å²) in [4.78, 5) is 0. The van der Waals surface area contributed by atoms with E-state index in [1.165, 1.54) is 21.5 Å². The SMILES string of the molecule is CCOc1ccc(-c2c(Cl)ccc3cc4ccccc4cc23)cc1. The molecule has 118 valence electrons. The Hall–Kier alpha value is -2.51. The van der Waals surface area contributed by atoms with Gasteiger partial charge in [-0.3, -0.25) is 0 Å². The third kappa shape index (κ3) is 2.61. The predicted molar refractivity (Wildman–Crippen MR) is 103 cm³/mol. The van der Waals surface area contributed by atoms with E-state index in [-0.39, 0.29) is 0 Å². The van der Waals surface area contributed by atoms with Crippen molar-refractivity contribution in [2.45, 2.75) is 6.92 Å². The Labute approximate surface area is 146 Å². The van der Waals surface area contributed by atoms with Gasteiger partial charge in [0.25, 0.3) is 0 Å². The molecule has 0 saturated carbocycles. The number of ether oxygens (including phenoxy) is 1. The predicted octanol–water partition coefficient (Wildman–Crippen LogP) is 6.71. The van der Waals surface area contributed by atoms with Crippen LogP contribution in [0.25, 0.3) is 32.7 Å². The molecule has 0 atom stereocenters. The molecule has 0 N–H and O–H groups in total. The first-order valence-corrected chi connectivity index (χ1v) is 8.48. The van der Waals surface area contributed by atoms with Gasteiger partial charge < -0.3 is 4.74 Å². The smallest absolute Gasteiger partial charge is 0.119 e. The molecule has 24 heavy (non-hydrogen) atoms. The van der Waals surface area contributed by atoms with Gasteiger partial charge in [0.1, 0.15) is 5.75 Å². The van der Waals surface area contributed by atoms with Gasteiger partial charge in [-0.05, 0) is 64.4 Å². The summed E-state index contributed by atoms with van der Waals surface area (Å²) in [5.41, 5.74) is 2.17. The maximum absolute atomic E-state index is 6.56. The average molecular weight is 333 g/mol. The zero-order chi connectivity index (χ0) is 16.5. The van der Waals surface area contributed by atoms with Crippen LogP contribution >= 0.6 is 11.6 Å². The molecule has 0 radical (unpaired) electrons. The second-order valence-corrected chi connectivity index (χ2v) is 6.21. The molecule has 0 amide bonds. The molecule has 0 spiro atoms. The highest BCUT2D eigenvalue weighted by molar-refractivity contribution is 6.35. The number of halogens is 1. The molecular weight excluding hydrogens is 316 g/mol. The zero-order valence-electron chi connectivity index (χ0n) is 13.4. The van der Waals surface area contributed by atoms with Gasteiger partial charge in [-0.15, -0.1) is 0 Å². The standard InChI is InChI=1S/C22H17ClO/c1-2-24-19-10-7-15(8-11-19)22-20-14-17-6-4-3-5-16(17)13-18(20)9-12-21(22)23/h3-14H,2H2,1H3. The molecule has 4 aromatic rings. The summed E-state index contributed by atoms with van der Waals surface area (Å²) in [5.74, 6) is 0.878. The Bertz CT molecular complexity index is 1020. The van der Waals surface area contributed by atoms with E-state index in [0.717, 1.165) is 21.9 Å². The van der Waals surface area contributed by atoms with Crippen LogP contribution in [0.1, 0.15) is 6.92 Å². The zero-order valence-corrected chi connectivity index (χ0v) is 14.2. The summed E-state index contributed by atoms with van der Waals surface area (Å²) >= 11 is 6.56. The molecule has 0 heterocycles. The Morgan fingerprint density at radius 2 is 1.50 bits per heavy atom. The molecule has 1 nitrogen and oxygen atoms in total. The lowest BCUT2D eigenvalue weighted by molar-refractivity contribution is 0.340. The first-order chi connectivity index (χ1) is 11.8. The fourth-order valence-electron chi connectivity index (χ4n) is 3.17. The Morgan fingerprint density at radius 3 is 2.21 bits per heavy atom. The van der Waals surface area contributed by atoms with Crippen LogP contribution in [0.2, 0.25) is 5.02 Å². The highest BCUT2D eigenvalue weighted by atomic mass is 35.5. The van der Waals surface area contributed by atoms with E-state index in [0.29, 0.717) is 6.61 Å². The Kier molecular flexibility index (Phi) is 3.87. The van der Waals surface area contributed by atoms with Gasteiger partial charge in [0, 0.05) is 10.6 Å². The first-order valence-electron chi connectivity index (χ1n) is 8.10. The Balaban J connectivity index is 1.95. The fraction of sp³-hybridized carbons (Fsp3) is 0.0909. The maximum atomic E-state index is 6.56. The minimum Gasteiger partial charge on any atom is -0.494 e. The van der Waals surface area contributed by atoms with E-state index >= 15 is 0 Å². The van der Waals surface area contributed by atoms with Gasteiger partial charge in [0.15, 0.2) is 0 Å². The van der Waals surface area contributed by atoms with Gasteiger partial charge in [-0.1, -0.05) is 54.1 Å². The minimum atomic E-state index is 0.667. The first kappa shape index (κ1) is 15.0. The van der Waals surface area contributed by atoms with E-state index in [9.17, 15) is 0 Å². The van der Waals surface area contributed by atoms with Crippen LogP contribution in [-0.2, 0) is 0 Å². The number of rotatable bonds is 3. The lowest BCUT2D eigenvalue weighted by Gasteiger charge is -2.12. The van der Waals surface area contributed by atoms with Crippen LogP contribution < -0.4 is 4.74 Å². The van der Waals surface area contributed by atoms with E-state index in [2.05, 4.69) is 54.6 Å². The number of fused-ring (bicyclic) bond motifs is 2. The summed E-state index contributed by atoms with van der Waals surface area (Å²) in [6.07, 6.45) is 0. The van der Waals surface area contributed by atoms with Crippen molar-refractivity contribution >= 4 is 33.1 Å². The van der Waals surface area contributed by atoms with Crippen molar-refractivity contribution < 1.29 is 4.74 Å². The highest BCUT2D eigenvalue weighted by Gasteiger charge is 2.10. The quantitative estimate of drug-likeness (QED) is 0.379. The van der Waals surface area contributed by atoms with E-state index in [1.807, 2.05) is 25.1 Å². The van der Waals surface area contributed by atoms with E-state index in [1.54, 1.807) is 0 Å². The maximum Gasteiger partial charge on any atom is 0.119 e. The van der Waals surface area contributed by atoms with Crippen LogP contribution in [0.15, 0.2) is 72.8 Å². The van der Waals surface area contributed by atoms with Crippen LogP contribution in [-0.4, -0.2) is 6.61 Å². The molecule has 0 unspecified atom stereocenters. The number of hydrogen-bond acceptors (Lipinski definition) is 1. The molecule has 4 rings (SSSR count). The van der Waals surface area contributed by atoms with Crippen molar-refractivity contribution in [1.29, 1.82) is 0 Å². The number of benzene rings is 4. The molecule has 0 aliphatic heterocycles. The van der Waals surface area contributed by atoms with Crippen LogP contribution in [0, 0.1) is 0 Å². The van der Waals surface area contributed by atoms with Crippen molar-refractivity contribution in [3.05, 3.63) is 77.8 Å². The van der Waals surface area contributed by atoms with Crippen molar-refractivity contribution in [2.24, 2.45) is 0 Å². The number of hydrogen-bond donors (Lipinski definition) is 0. The fourth-order valence-corrected chi connectivity index (χ4v) is 3.44. The van der Waals surface area contributed by atoms with E-state index < -0.39 is 0 Å². The third-order valence-corrected chi connectivity index (χ3v) is 4.60. The van der Waals surface area contributed by atoms with Crippen LogP contribution in [0.5, 0.6) is 5.75 Å². The molecule has 4 aromatic carbocycles. The van der Waals surface area contributed by atoms with E-state index in [4.69, 9.17) is 16.3 Å². The van der Waals surface area contributed by atoms with Crippen molar-refractivity contribution in [2.75, 3.05) is 6.61 Å². The van der Waals surface area contributed by atoms with Gasteiger partial charge >= 0.3 is 0 Å². The summed E-state index contributed by atoms with van der Waals surface area (Å²) in [7, 11) is 0. The molecule has 0 aliphatic carbocycles. The molecule has 0 aliphatic rings. The summed E-state index contributed by atoms with van der Waals surface area (Å²) < 4.78 is 5.54. The molecule has 0 aromatic heterocycles. The summed E-state index contributed by atoms with van der Waals surface area (Å²) in [6, 6.07) is 25.0. The van der Waals surface area contributed by atoms with Gasteiger partial charge in [-0.25, -0.2) is 0 Å². The summed E-state index contributed by atoms with van der Waals surface area (Å²) in [5, 5.41) is 5.60. The summed E-state index contributed by atoms with van der Waals surface area (Å²) in [6.45, 7) is 2.65. The minimum absolute atomic E-state index is 0.667. The topological polar surface area (TPSA) is 9.23 Å². The van der Waals surface area contributed by atoms with Crippen molar-refractivity contribution in [3.63, 3.8) is 0 Å². The Morgan fingerprint density at radius 1 is 0.792 bits per heavy atom. The van der Waals surface area contributed by atoms with Gasteiger partial charge in [0.2, 0.25) is 0 Å². The third-order valence-electron chi connectivity index (χ3n) is 4.29. The van der Waals surface area contributed by atoms with Crippen LogP contribution in [0.4, 0.5) is 0 Å². The molecule has 2 heteroatoms. The largest absolute Gasteiger partial charge is 0.494 e. The molecular formula is C22H17ClO.